The number of hydrogen-bond acceptors (Lipinski definition) is 6. The molecule has 0 spiro atoms. The molecule has 0 aliphatic rings. The SMILES string of the molecule is CC(C)Oc1cccc(NCc2cscn2)c1[N+](=O)[O-]. The summed E-state index contributed by atoms with van der Waals surface area (Å²) in [5.74, 6) is 0.272. The summed E-state index contributed by atoms with van der Waals surface area (Å²) in [6, 6.07) is 5.00. The zero-order valence-corrected chi connectivity index (χ0v) is 12.0. The summed E-state index contributed by atoms with van der Waals surface area (Å²) in [6.45, 7) is 4.10. The van der Waals surface area contributed by atoms with Crippen molar-refractivity contribution in [1.82, 2.24) is 4.98 Å². The molecule has 0 unspecified atom stereocenters. The first-order valence-electron chi connectivity index (χ1n) is 6.13. The lowest BCUT2D eigenvalue weighted by atomic mass is 10.2. The third-order valence-corrected chi connectivity index (χ3v) is 3.12. The number of nitrogens with one attached hydrogen (secondary N) is 1. The van der Waals surface area contributed by atoms with Gasteiger partial charge in [-0.3, -0.25) is 10.1 Å². The number of ether oxygens (including phenoxy) is 1. The van der Waals surface area contributed by atoms with Crippen molar-refractivity contribution in [3.63, 3.8) is 0 Å². The number of nitro benzene ring substituents is 1. The summed E-state index contributed by atoms with van der Waals surface area (Å²) in [4.78, 5) is 15.0. The Morgan fingerprint density at radius 3 is 2.90 bits per heavy atom. The Morgan fingerprint density at radius 1 is 1.50 bits per heavy atom. The number of anilines is 1. The number of nitro groups is 1. The Kier molecular flexibility index (Phi) is 4.52. The van der Waals surface area contributed by atoms with Crippen molar-refractivity contribution in [2.45, 2.75) is 26.5 Å². The van der Waals surface area contributed by atoms with Crippen LogP contribution >= 0.6 is 11.3 Å². The minimum atomic E-state index is -0.429. The van der Waals surface area contributed by atoms with Gasteiger partial charge in [0.2, 0.25) is 0 Å². The molecule has 0 aliphatic heterocycles. The quantitative estimate of drug-likeness (QED) is 0.652. The smallest absolute Gasteiger partial charge is 0.333 e. The van der Waals surface area contributed by atoms with Gasteiger partial charge in [-0.15, -0.1) is 11.3 Å². The molecule has 0 aliphatic carbocycles. The predicted molar refractivity (Wildman–Crippen MR) is 78.3 cm³/mol. The van der Waals surface area contributed by atoms with E-state index in [9.17, 15) is 10.1 Å². The van der Waals surface area contributed by atoms with Gasteiger partial charge >= 0.3 is 5.69 Å². The molecule has 2 aromatic rings. The van der Waals surface area contributed by atoms with E-state index in [-0.39, 0.29) is 17.5 Å². The number of thiazole rings is 1. The molecule has 2 rings (SSSR count). The van der Waals surface area contributed by atoms with Gasteiger partial charge in [-0.05, 0) is 26.0 Å². The van der Waals surface area contributed by atoms with Crippen LogP contribution in [0, 0.1) is 10.1 Å². The van der Waals surface area contributed by atoms with E-state index in [0.29, 0.717) is 12.2 Å². The van der Waals surface area contributed by atoms with Crippen LogP contribution in [-0.2, 0) is 6.54 Å². The number of nitrogens with zero attached hydrogens (tertiary/aromatic N) is 2. The Bertz CT molecular complexity index is 585. The lowest BCUT2D eigenvalue weighted by Gasteiger charge is -2.12. The first kappa shape index (κ1) is 14.3. The molecule has 106 valence electrons. The van der Waals surface area contributed by atoms with Gasteiger partial charge < -0.3 is 10.1 Å². The molecule has 1 heterocycles. The molecule has 0 saturated carbocycles. The van der Waals surface area contributed by atoms with Crippen LogP contribution in [0.15, 0.2) is 29.1 Å². The fourth-order valence-corrected chi connectivity index (χ4v) is 2.27. The molecule has 0 radical (unpaired) electrons. The molecule has 6 nitrogen and oxygen atoms in total. The first-order chi connectivity index (χ1) is 9.58. The average molecular weight is 293 g/mol. The van der Waals surface area contributed by atoms with E-state index in [1.165, 1.54) is 11.3 Å². The van der Waals surface area contributed by atoms with E-state index in [0.717, 1.165) is 5.69 Å². The predicted octanol–water partition coefficient (Wildman–Crippen LogP) is 3.45. The van der Waals surface area contributed by atoms with Gasteiger partial charge in [0.15, 0.2) is 5.75 Å². The van der Waals surface area contributed by atoms with Gasteiger partial charge in [-0.25, -0.2) is 4.98 Å². The minimum Gasteiger partial charge on any atom is -0.484 e. The van der Waals surface area contributed by atoms with E-state index in [1.54, 1.807) is 23.7 Å². The second-order valence-electron chi connectivity index (χ2n) is 4.41. The zero-order valence-electron chi connectivity index (χ0n) is 11.2. The normalized spacial score (nSPS) is 10.6. The summed E-state index contributed by atoms with van der Waals surface area (Å²) >= 11 is 1.49. The van der Waals surface area contributed by atoms with Gasteiger partial charge in [0.05, 0.1) is 28.8 Å². The van der Waals surface area contributed by atoms with Crippen molar-refractivity contribution in [3.8, 4) is 5.75 Å². The van der Waals surface area contributed by atoms with Crippen LogP contribution in [0.2, 0.25) is 0 Å². The number of benzene rings is 1. The minimum absolute atomic E-state index is 0.0450. The summed E-state index contributed by atoms with van der Waals surface area (Å²) in [5.41, 5.74) is 2.96. The first-order valence-corrected chi connectivity index (χ1v) is 7.07. The molecule has 1 N–H and O–H groups in total. The maximum atomic E-state index is 11.3. The number of aromatic nitrogens is 1. The summed E-state index contributed by atoms with van der Waals surface area (Å²) in [6.07, 6.45) is -0.123. The molecular formula is C13H15N3O3S. The maximum Gasteiger partial charge on any atom is 0.333 e. The number of hydrogen-bond donors (Lipinski definition) is 1. The molecule has 0 saturated heterocycles. The highest BCUT2D eigenvalue weighted by atomic mass is 32.1. The van der Waals surface area contributed by atoms with E-state index in [2.05, 4.69) is 10.3 Å². The van der Waals surface area contributed by atoms with Gasteiger partial charge in [0.25, 0.3) is 0 Å². The third kappa shape index (κ3) is 3.45. The van der Waals surface area contributed by atoms with Crippen molar-refractivity contribution >= 4 is 22.7 Å². The highest BCUT2D eigenvalue weighted by molar-refractivity contribution is 7.07. The van der Waals surface area contributed by atoms with E-state index in [4.69, 9.17) is 4.74 Å². The van der Waals surface area contributed by atoms with Crippen LogP contribution in [0.25, 0.3) is 0 Å². The Morgan fingerprint density at radius 2 is 2.30 bits per heavy atom. The lowest BCUT2D eigenvalue weighted by Crippen LogP contribution is -2.09. The molecule has 0 bridgehead atoms. The molecule has 0 amide bonds. The second-order valence-corrected chi connectivity index (χ2v) is 5.13. The van der Waals surface area contributed by atoms with Crippen molar-refractivity contribution in [2.75, 3.05) is 5.32 Å². The third-order valence-electron chi connectivity index (χ3n) is 2.49. The van der Waals surface area contributed by atoms with E-state index in [1.807, 2.05) is 19.2 Å². The van der Waals surface area contributed by atoms with Crippen LogP contribution in [0.4, 0.5) is 11.4 Å². The standard InChI is InChI=1S/C13H15N3O3S/c1-9(2)19-12-5-3-4-11(13(12)16(17)18)14-6-10-7-20-8-15-10/h3-5,7-9,14H,6H2,1-2H3. The van der Waals surface area contributed by atoms with Gasteiger partial charge in [-0.2, -0.15) is 0 Å². The van der Waals surface area contributed by atoms with E-state index < -0.39 is 4.92 Å². The topological polar surface area (TPSA) is 77.3 Å². The molecule has 0 fully saturated rings. The number of para-hydroxylation sites is 1. The molecule has 7 heteroatoms. The van der Waals surface area contributed by atoms with Crippen molar-refractivity contribution in [2.24, 2.45) is 0 Å². The summed E-state index contributed by atoms with van der Waals surface area (Å²) in [5, 5.41) is 16.2. The largest absolute Gasteiger partial charge is 0.484 e. The fourth-order valence-electron chi connectivity index (χ4n) is 1.71. The van der Waals surface area contributed by atoms with Crippen molar-refractivity contribution < 1.29 is 9.66 Å². The molecule has 0 atom stereocenters. The van der Waals surface area contributed by atoms with Crippen molar-refractivity contribution in [1.29, 1.82) is 0 Å². The van der Waals surface area contributed by atoms with Crippen LogP contribution in [-0.4, -0.2) is 16.0 Å². The Balaban J connectivity index is 2.24. The second kappa shape index (κ2) is 6.33. The molecule has 20 heavy (non-hydrogen) atoms. The summed E-state index contributed by atoms with van der Waals surface area (Å²) in [7, 11) is 0. The van der Waals surface area contributed by atoms with Crippen LogP contribution in [0.5, 0.6) is 5.75 Å². The fraction of sp³-hybridized carbons (Fsp3) is 0.308. The Hall–Kier alpha value is -2.15. The molecule has 1 aromatic carbocycles. The average Bonchev–Trinajstić information content (AvgIpc) is 2.88. The maximum absolute atomic E-state index is 11.3. The molecular weight excluding hydrogens is 278 g/mol. The van der Waals surface area contributed by atoms with Crippen LogP contribution in [0.1, 0.15) is 19.5 Å². The highest BCUT2D eigenvalue weighted by Gasteiger charge is 2.21. The van der Waals surface area contributed by atoms with Crippen molar-refractivity contribution in [3.05, 3.63) is 44.9 Å². The summed E-state index contributed by atoms with van der Waals surface area (Å²) < 4.78 is 5.49. The van der Waals surface area contributed by atoms with E-state index >= 15 is 0 Å². The van der Waals surface area contributed by atoms with Crippen LogP contribution in [0.3, 0.4) is 0 Å². The lowest BCUT2D eigenvalue weighted by molar-refractivity contribution is -0.385. The van der Waals surface area contributed by atoms with Gasteiger partial charge in [0, 0.05) is 5.38 Å². The van der Waals surface area contributed by atoms with Gasteiger partial charge in [-0.1, -0.05) is 6.07 Å². The zero-order chi connectivity index (χ0) is 14.5. The Labute approximate surface area is 120 Å². The monoisotopic (exact) mass is 293 g/mol. The number of rotatable bonds is 6. The molecule has 1 aromatic heterocycles. The van der Waals surface area contributed by atoms with Crippen LogP contribution < -0.4 is 10.1 Å². The van der Waals surface area contributed by atoms with Gasteiger partial charge in [0.1, 0.15) is 5.69 Å². The highest BCUT2D eigenvalue weighted by Crippen LogP contribution is 2.35.